The Morgan fingerprint density at radius 2 is 2.09 bits per heavy atom. The van der Waals surface area contributed by atoms with Crippen molar-refractivity contribution in [2.24, 2.45) is 7.05 Å². The molecule has 1 saturated heterocycles. The fourth-order valence-corrected chi connectivity index (χ4v) is 2.62. The van der Waals surface area contributed by atoms with Crippen molar-refractivity contribution in [1.82, 2.24) is 20.3 Å². The SMILES string of the molecule is Cn1nncc1CN[C@@H]1COC(C)(C)O[C@@H]1c1ccccc1. The molecule has 0 spiro atoms. The molecule has 6 nitrogen and oxygen atoms in total. The van der Waals surface area contributed by atoms with E-state index < -0.39 is 5.79 Å². The van der Waals surface area contributed by atoms with Gasteiger partial charge in [0, 0.05) is 13.6 Å². The number of nitrogens with one attached hydrogen (secondary N) is 1. The Kier molecular flexibility index (Phi) is 4.24. The highest BCUT2D eigenvalue weighted by Crippen LogP contribution is 2.32. The zero-order chi connectivity index (χ0) is 15.6. The van der Waals surface area contributed by atoms with Gasteiger partial charge in [0.1, 0.15) is 6.10 Å². The van der Waals surface area contributed by atoms with Gasteiger partial charge in [-0.25, -0.2) is 0 Å². The van der Waals surface area contributed by atoms with Crippen LogP contribution in [0.1, 0.15) is 31.2 Å². The van der Waals surface area contributed by atoms with Gasteiger partial charge in [-0.15, -0.1) is 5.10 Å². The third-order valence-corrected chi connectivity index (χ3v) is 3.87. The van der Waals surface area contributed by atoms with Crippen LogP contribution in [0.4, 0.5) is 0 Å². The molecule has 2 heterocycles. The molecule has 0 bridgehead atoms. The smallest absolute Gasteiger partial charge is 0.163 e. The van der Waals surface area contributed by atoms with Crippen LogP contribution < -0.4 is 5.32 Å². The summed E-state index contributed by atoms with van der Waals surface area (Å²) in [4.78, 5) is 0. The lowest BCUT2D eigenvalue weighted by Crippen LogP contribution is -2.50. The lowest BCUT2D eigenvalue weighted by molar-refractivity contribution is -0.285. The maximum atomic E-state index is 6.15. The molecule has 1 aliphatic heterocycles. The largest absolute Gasteiger partial charge is 0.349 e. The van der Waals surface area contributed by atoms with Crippen LogP contribution in [-0.4, -0.2) is 33.4 Å². The summed E-state index contributed by atoms with van der Waals surface area (Å²) in [6.07, 6.45) is 1.71. The van der Waals surface area contributed by atoms with Gasteiger partial charge in [0.05, 0.1) is 24.5 Å². The van der Waals surface area contributed by atoms with Gasteiger partial charge in [-0.3, -0.25) is 4.68 Å². The van der Waals surface area contributed by atoms with Crippen molar-refractivity contribution < 1.29 is 9.47 Å². The highest BCUT2D eigenvalue weighted by molar-refractivity contribution is 5.20. The molecule has 1 N–H and O–H groups in total. The number of benzene rings is 1. The van der Waals surface area contributed by atoms with Crippen molar-refractivity contribution in [3.63, 3.8) is 0 Å². The van der Waals surface area contributed by atoms with Gasteiger partial charge in [-0.2, -0.15) is 0 Å². The van der Waals surface area contributed by atoms with Crippen molar-refractivity contribution >= 4 is 0 Å². The molecule has 3 rings (SSSR count). The number of aryl methyl sites for hydroxylation is 1. The molecule has 1 fully saturated rings. The standard InChI is InChI=1S/C16H22N4O2/c1-16(2)21-11-14(17-9-13-10-18-19-20(13)3)15(22-16)12-7-5-4-6-8-12/h4-8,10,14-15,17H,9,11H2,1-3H3/t14-,15-/m1/s1. The molecule has 118 valence electrons. The number of ether oxygens (including phenoxy) is 2. The Morgan fingerprint density at radius 1 is 1.32 bits per heavy atom. The molecule has 6 heteroatoms. The van der Waals surface area contributed by atoms with Gasteiger partial charge in [0.25, 0.3) is 0 Å². The van der Waals surface area contributed by atoms with Crippen LogP contribution in [0.3, 0.4) is 0 Å². The second-order valence-electron chi connectivity index (χ2n) is 6.00. The maximum absolute atomic E-state index is 6.15. The lowest BCUT2D eigenvalue weighted by Gasteiger charge is -2.41. The van der Waals surface area contributed by atoms with Gasteiger partial charge >= 0.3 is 0 Å². The van der Waals surface area contributed by atoms with E-state index in [9.17, 15) is 0 Å². The van der Waals surface area contributed by atoms with E-state index in [1.165, 1.54) is 0 Å². The summed E-state index contributed by atoms with van der Waals surface area (Å²) in [7, 11) is 1.88. The first kappa shape index (κ1) is 15.1. The van der Waals surface area contributed by atoms with E-state index >= 15 is 0 Å². The molecular formula is C16H22N4O2. The predicted octanol–water partition coefficient (Wildman–Crippen LogP) is 1.80. The van der Waals surface area contributed by atoms with Crippen LogP contribution in [0, 0.1) is 0 Å². The molecule has 0 radical (unpaired) electrons. The van der Waals surface area contributed by atoms with Crippen molar-refractivity contribution in [1.29, 1.82) is 0 Å². The molecular weight excluding hydrogens is 280 g/mol. The van der Waals surface area contributed by atoms with Gasteiger partial charge in [-0.05, 0) is 19.4 Å². The average Bonchev–Trinajstić information content (AvgIpc) is 2.92. The quantitative estimate of drug-likeness (QED) is 0.933. The molecule has 0 saturated carbocycles. The first-order chi connectivity index (χ1) is 10.6. The fraction of sp³-hybridized carbons (Fsp3) is 0.500. The summed E-state index contributed by atoms with van der Waals surface area (Å²) in [5, 5.41) is 11.3. The highest BCUT2D eigenvalue weighted by atomic mass is 16.7. The molecule has 22 heavy (non-hydrogen) atoms. The zero-order valence-electron chi connectivity index (χ0n) is 13.2. The third-order valence-electron chi connectivity index (χ3n) is 3.87. The van der Waals surface area contributed by atoms with E-state index in [2.05, 4.69) is 27.8 Å². The van der Waals surface area contributed by atoms with E-state index in [1.807, 2.05) is 39.1 Å². The van der Waals surface area contributed by atoms with Crippen molar-refractivity contribution in [2.45, 2.75) is 38.3 Å². The summed E-state index contributed by atoms with van der Waals surface area (Å²) < 4.78 is 13.7. The number of aromatic nitrogens is 3. The number of hydrogen-bond acceptors (Lipinski definition) is 5. The molecule has 1 aromatic heterocycles. The summed E-state index contributed by atoms with van der Waals surface area (Å²) in [6, 6.07) is 10.3. The maximum Gasteiger partial charge on any atom is 0.163 e. The zero-order valence-corrected chi connectivity index (χ0v) is 13.2. The van der Waals surface area contributed by atoms with Crippen LogP contribution in [0.5, 0.6) is 0 Å². The van der Waals surface area contributed by atoms with E-state index in [0.717, 1.165) is 11.3 Å². The van der Waals surface area contributed by atoms with Crippen LogP contribution in [0.25, 0.3) is 0 Å². The fourth-order valence-electron chi connectivity index (χ4n) is 2.62. The lowest BCUT2D eigenvalue weighted by atomic mass is 10.0. The van der Waals surface area contributed by atoms with Gasteiger partial charge in [-0.1, -0.05) is 35.5 Å². The highest BCUT2D eigenvalue weighted by Gasteiger charge is 2.37. The number of nitrogens with zero attached hydrogens (tertiary/aromatic N) is 3. The summed E-state index contributed by atoms with van der Waals surface area (Å²) in [5.41, 5.74) is 2.18. The minimum absolute atomic E-state index is 0.0499. The van der Waals surface area contributed by atoms with Crippen molar-refractivity contribution in [3.8, 4) is 0 Å². The second-order valence-corrected chi connectivity index (χ2v) is 6.00. The van der Waals surface area contributed by atoms with Gasteiger partial charge < -0.3 is 14.8 Å². The van der Waals surface area contributed by atoms with Crippen molar-refractivity contribution in [2.75, 3.05) is 6.61 Å². The van der Waals surface area contributed by atoms with Crippen LogP contribution in [-0.2, 0) is 23.1 Å². The van der Waals surface area contributed by atoms with E-state index in [-0.39, 0.29) is 12.1 Å². The minimum atomic E-state index is -0.577. The second kappa shape index (κ2) is 6.16. The van der Waals surface area contributed by atoms with Gasteiger partial charge in [0.2, 0.25) is 0 Å². The number of hydrogen-bond donors (Lipinski definition) is 1. The molecule has 1 aliphatic rings. The minimum Gasteiger partial charge on any atom is -0.349 e. The Morgan fingerprint density at radius 3 is 2.77 bits per heavy atom. The summed E-state index contributed by atoms with van der Waals surface area (Å²) in [5.74, 6) is -0.577. The first-order valence-corrected chi connectivity index (χ1v) is 7.49. The van der Waals surface area contributed by atoms with Crippen LogP contribution in [0.15, 0.2) is 36.5 Å². The van der Waals surface area contributed by atoms with Crippen molar-refractivity contribution in [3.05, 3.63) is 47.8 Å². The Bertz CT molecular complexity index is 612. The average molecular weight is 302 g/mol. The third kappa shape index (κ3) is 3.35. The van der Waals surface area contributed by atoms with Gasteiger partial charge in [0.15, 0.2) is 5.79 Å². The topological polar surface area (TPSA) is 61.2 Å². The number of rotatable bonds is 4. The Labute approximate surface area is 130 Å². The Balaban J connectivity index is 1.74. The van der Waals surface area contributed by atoms with E-state index in [0.29, 0.717) is 13.2 Å². The normalized spacial score (nSPS) is 24.3. The summed E-state index contributed by atoms with van der Waals surface area (Å²) >= 11 is 0. The molecule has 1 aromatic carbocycles. The predicted molar refractivity (Wildman–Crippen MR) is 81.9 cm³/mol. The molecule has 2 aromatic rings. The van der Waals surface area contributed by atoms with Crippen LogP contribution in [0.2, 0.25) is 0 Å². The monoisotopic (exact) mass is 302 g/mol. The summed E-state index contributed by atoms with van der Waals surface area (Å²) in [6.45, 7) is 5.16. The van der Waals surface area contributed by atoms with E-state index in [1.54, 1.807) is 10.9 Å². The molecule has 2 atom stereocenters. The molecule has 0 amide bonds. The molecule has 0 unspecified atom stereocenters. The Hall–Kier alpha value is -1.76. The first-order valence-electron chi connectivity index (χ1n) is 7.49. The molecule has 0 aliphatic carbocycles. The van der Waals surface area contributed by atoms with Crippen LogP contribution >= 0.6 is 0 Å². The van der Waals surface area contributed by atoms with E-state index in [4.69, 9.17) is 9.47 Å².